The summed E-state index contributed by atoms with van der Waals surface area (Å²) in [6.07, 6.45) is 0.441. The second-order valence-electron chi connectivity index (χ2n) is 5.24. The SMILES string of the molecule is CC(C)C[C@@H](NC(=O)N(C)CC(C)C)C(=O)O. The second kappa shape index (κ2) is 7.14. The summed E-state index contributed by atoms with van der Waals surface area (Å²) in [4.78, 5) is 24.2. The number of carboxylic acids is 1. The van der Waals surface area contributed by atoms with Gasteiger partial charge in [-0.2, -0.15) is 0 Å². The van der Waals surface area contributed by atoms with Crippen molar-refractivity contribution in [3.8, 4) is 0 Å². The Bertz CT molecular complexity index is 264. The van der Waals surface area contributed by atoms with E-state index >= 15 is 0 Å². The molecule has 5 heteroatoms. The molecular weight excluding hydrogens is 220 g/mol. The van der Waals surface area contributed by atoms with Gasteiger partial charge in [-0.1, -0.05) is 27.7 Å². The third-order valence-corrected chi connectivity index (χ3v) is 2.29. The molecule has 0 unspecified atom stereocenters. The Hall–Kier alpha value is -1.26. The Labute approximate surface area is 103 Å². The molecule has 0 bridgehead atoms. The van der Waals surface area contributed by atoms with Crippen molar-refractivity contribution < 1.29 is 14.7 Å². The van der Waals surface area contributed by atoms with E-state index in [2.05, 4.69) is 5.32 Å². The predicted octanol–water partition coefficient (Wildman–Crippen LogP) is 1.78. The van der Waals surface area contributed by atoms with Crippen molar-refractivity contribution in [3.05, 3.63) is 0 Å². The molecule has 0 heterocycles. The summed E-state index contributed by atoms with van der Waals surface area (Å²) < 4.78 is 0. The summed E-state index contributed by atoms with van der Waals surface area (Å²) in [6, 6.07) is -1.14. The fraction of sp³-hybridized carbons (Fsp3) is 0.833. The number of carbonyl (C=O) groups excluding carboxylic acids is 1. The first-order valence-electron chi connectivity index (χ1n) is 5.98. The molecule has 0 aromatic carbocycles. The zero-order chi connectivity index (χ0) is 13.6. The Morgan fingerprint density at radius 3 is 2.06 bits per heavy atom. The first-order valence-corrected chi connectivity index (χ1v) is 5.98. The molecule has 1 atom stereocenters. The van der Waals surface area contributed by atoms with Gasteiger partial charge in [0, 0.05) is 13.6 Å². The van der Waals surface area contributed by atoms with Gasteiger partial charge in [-0.3, -0.25) is 0 Å². The van der Waals surface area contributed by atoms with E-state index in [-0.39, 0.29) is 11.9 Å². The molecule has 0 aliphatic heterocycles. The van der Waals surface area contributed by atoms with Crippen LogP contribution in [-0.4, -0.2) is 41.6 Å². The highest BCUT2D eigenvalue weighted by atomic mass is 16.4. The van der Waals surface area contributed by atoms with Crippen LogP contribution in [0.4, 0.5) is 4.79 Å². The van der Waals surface area contributed by atoms with Crippen molar-refractivity contribution in [1.29, 1.82) is 0 Å². The van der Waals surface area contributed by atoms with Crippen LogP contribution in [0.1, 0.15) is 34.1 Å². The maximum Gasteiger partial charge on any atom is 0.326 e. The zero-order valence-electron chi connectivity index (χ0n) is 11.4. The number of nitrogens with one attached hydrogen (secondary N) is 1. The molecule has 0 aliphatic carbocycles. The van der Waals surface area contributed by atoms with E-state index in [4.69, 9.17) is 5.11 Å². The van der Waals surface area contributed by atoms with Crippen LogP contribution in [0.2, 0.25) is 0 Å². The average Bonchev–Trinajstić information content (AvgIpc) is 2.14. The Morgan fingerprint density at radius 1 is 1.18 bits per heavy atom. The van der Waals surface area contributed by atoms with E-state index < -0.39 is 12.0 Å². The van der Waals surface area contributed by atoms with Crippen molar-refractivity contribution >= 4 is 12.0 Å². The lowest BCUT2D eigenvalue weighted by atomic mass is 10.0. The first kappa shape index (κ1) is 15.7. The topological polar surface area (TPSA) is 69.6 Å². The van der Waals surface area contributed by atoms with Crippen molar-refractivity contribution in [3.63, 3.8) is 0 Å². The normalized spacial score (nSPS) is 12.6. The molecule has 2 amide bonds. The minimum Gasteiger partial charge on any atom is -0.480 e. The van der Waals surface area contributed by atoms with Gasteiger partial charge in [0.05, 0.1) is 0 Å². The van der Waals surface area contributed by atoms with Crippen molar-refractivity contribution in [2.45, 2.75) is 40.2 Å². The van der Waals surface area contributed by atoms with Gasteiger partial charge in [0.2, 0.25) is 0 Å². The van der Waals surface area contributed by atoms with Crippen LogP contribution >= 0.6 is 0 Å². The monoisotopic (exact) mass is 244 g/mol. The highest BCUT2D eigenvalue weighted by Gasteiger charge is 2.22. The van der Waals surface area contributed by atoms with Gasteiger partial charge in [0.25, 0.3) is 0 Å². The average molecular weight is 244 g/mol. The number of aliphatic carboxylic acids is 1. The molecule has 0 fully saturated rings. The highest BCUT2D eigenvalue weighted by molar-refractivity contribution is 5.82. The molecule has 0 saturated heterocycles. The van der Waals surface area contributed by atoms with E-state index in [1.54, 1.807) is 7.05 Å². The van der Waals surface area contributed by atoms with Crippen LogP contribution in [-0.2, 0) is 4.79 Å². The number of carbonyl (C=O) groups is 2. The predicted molar refractivity (Wildman–Crippen MR) is 66.9 cm³/mol. The Kier molecular flexibility index (Phi) is 6.61. The molecule has 2 N–H and O–H groups in total. The van der Waals surface area contributed by atoms with Crippen LogP contribution < -0.4 is 5.32 Å². The first-order chi connectivity index (χ1) is 7.73. The number of hydrogen-bond donors (Lipinski definition) is 2. The molecule has 0 spiro atoms. The number of carboxylic acid groups (broad SMARTS) is 1. The summed E-state index contributed by atoms with van der Waals surface area (Å²) >= 11 is 0. The van der Waals surface area contributed by atoms with Gasteiger partial charge >= 0.3 is 12.0 Å². The lowest BCUT2D eigenvalue weighted by Gasteiger charge is -2.23. The third-order valence-electron chi connectivity index (χ3n) is 2.29. The smallest absolute Gasteiger partial charge is 0.326 e. The van der Waals surface area contributed by atoms with Gasteiger partial charge < -0.3 is 15.3 Å². The summed E-state index contributed by atoms with van der Waals surface area (Å²) in [5.41, 5.74) is 0. The van der Waals surface area contributed by atoms with Crippen LogP contribution in [0, 0.1) is 11.8 Å². The minimum absolute atomic E-state index is 0.229. The van der Waals surface area contributed by atoms with Gasteiger partial charge in [0.1, 0.15) is 6.04 Å². The van der Waals surface area contributed by atoms with E-state index in [9.17, 15) is 9.59 Å². The van der Waals surface area contributed by atoms with Crippen molar-refractivity contribution in [1.82, 2.24) is 10.2 Å². The van der Waals surface area contributed by atoms with Gasteiger partial charge in [-0.25, -0.2) is 9.59 Å². The molecule has 0 aliphatic rings. The molecule has 0 saturated carbocycles. The number of urea groups is 1. The maximum atomic E-state index is 11.7. The van der Waals surface area contributed by atoms with Gasteiger partial charge in [-0.05, 0) is 18.3 Å². The van der Waals surface area contributed by atoms with E-state index in [0.717, 1.165) is 0 Å². The minimum atomic E-state index is -0.981. The molecule has 100 valence electrons. The fourth-order valence-corrected chi connectivity index (χ4v) is 1.58. The highest BCUT2D eigenvalue weighted by Crippen LogP contribution is 2.06. The second-order valence-corrected chi connectivity index (χ2v) is 5.24. The van der Waals surface area contributed by atoms with Crippen LogP contribution in [0.25, 0.3) is 0 Å². The zero-order valence-corrected chi connectivity index (χ0v) is 11.4. The molecule has 0 radical (unpaired) electrons. The van der Waals surface area contributed by atoms with Crippen LogP contribution in [0.15, 0.2) is 0 Å². The lowest BCUT2D eigenvalue weighted by molar-refractivity contribution is -0.139. The summed E-state index contributed by atoms with van der Waals surface area (Å²) in [5.74, 6) is -0.393. The summed E-state index contributed by atoms with van der Waals surface area (Å²) in [6.45, 7) is 8.48. The van der Waals surface area contributed by atoms with E-state index in [1.165, 1.54) is 4.90 Å². The largest absolute Gasteiger partial charge is 0.480 e. The quantitative estimate of drug-likeness (QED) is 0.748. The number of amides is 2. The maximum absolute atomic E-state index is 11.7. The standard InChI is InChI=1S/C12H24N2O3/c1-8(2)6-10(11(15)16)13-12(17)14(5)7-9(3)4/h8-10H,6-7H2,1-5H3,(H,13,17)(H,15,16)/t10-/m1/s1. The Balaban J connectivity index is 4.35. The molecule has 0 rings (SSSR count). The Morgan fingerprint density at radius 2 is 1.71 bits per heavy atom. The molecule has 5 nitrogen and oxygen atoms in total. The van der Waals surface area contributed by atoms with E-state index in [1.807, 2.05) is 27.7 Å². The summed E-state index contributed by atoms with van der Waals surface area (Å²) in [5, 5.41) is 11.5. The number of rotatable bonds is 6. The molecule has 17 heavy (non-hydrogen) atoms. The van der Waals surface area contributed by atoms with Crippen molar-refractivity contribution in [2.75, 3.05) is 13.6 Å². The molecular formula is C12H24N2O3. The van der Waals surface area contributed by atoms with Crippen LogP contribution in [0.5, 0.6) is 0 Å². The third kappa shape index (κ3) is 6.81. The van der Waals surface area contributed by atoms with Crippen molar-refractivity contribution in [2.24, 2.45) is 11.8 Å². The van der Waals surface area contributed by atoms with Crippen LogP contribution in [0.3, 0.4) is 0 Å². The lowest BCUT2D eigenvalue weighted by Crippen LogP contribution is -2.47. The molecule has 0 aromatic rings. The summed E-state index contributed by atoms with van der Waals surface area (Å²) in [7, 11) is 1.67. The number of nitrogens with zero attached hydrogens (tertiary/aromatic N) is 1. The number of hydrogen-bond acceptors (Lipinski definition) is 2. The molecule has 0 aromatic heterocycles. The van der Waals surface area contributed by atoms with Gasteiger partial charge in [0.15, 0.2) is 0 Å². The van der Waals surface area contributed by atoms with E-state index in [0.29, 0.717) is 18.9 Å². The van der Waals surface area contributed by atoms with Gasteiger partial charge in [-0.15, -0.1) is 0 Å². The fourth-order valence-electron chi connectivity index (χ4n) is 1.58.